The van der Waals surface area contributed by atoms with Gasteiger partial charge in [-0.05, 0) is 12.8 Å². The molecule has 1 fully saturated rings. The van der Waals surface area contributed by atoms with Gasteiger partial charge in [0.25, 0.3) is 0 Å². The summed E-state index contributed by atoms with van der Waals surface area (Å²) >= 11 is 0. The third-order valence-corrected chi connectivity index (χ3v) is 4.74. The first kappa shape index (κ1) is 20.3. The smallest absolute Gasteiger partial charge is 0.314 e. The van der Waals surface area contributed by atoms with Crippen LogP contribution in [0.5, 0.6) is 0 Å². The summed E-state index contributed by atoms with van der Waals surface area (Å²) in [6.07, 6.45) is 3.80. The molecule has 1 aliphatic rings. The monoisotopic (exact) mass is 340 g/mol. The lowest BCUT2D eigenvalue weighted by atomic mass is 9.97. The summed E-state index contributed by atoms with van der Waals surface area (Å²) < 4.78 is 0. The molecule has 1 atom stereocenters. The average molecular weight is 340 g/mol. The number of primary amides is 1. The van der Waals surface area contributed by atoms with E-state index in [1.54, 1.807) is 9.80 Å². The van der Waals surface area contributed by atoms with Gasteiger partial charge >= 0.3 is 6.03 Å². The van der Waals surface area contributed by atoms with E-state index in [2.05, 4.69) is 6.92 Å². The molecule has 0 aliphatic carbocycles. The maximum atomic E-state index is 12.9. The first-order chi connectivity index (χ1) is 11.4. The molecule has 0 aromatic rings. The first-order valence-corrected chi connectivity index (χ1v) is 8.99. The molecule has 0 bridgehead atoms. The molecule has 0 aromatic carbocycles. The van der Waals surface area contributed by atoms with Gasteiger partial charge in [-0.2, -0.15) is 0 Å². The van der Waals surface area contributed by atoms with Gasteiger partial charge in [-0.3, -0.25) is 9.59 Å². The van der Waals surface area contributed by atoms with Gasteiger partial charge in [0, 0.05) is 52.1 Å². The normalized spacial score (nSPS) is 17.7. The Morgan fingerprint density at radius 1 is 0.917 bits per heavy atom. The van der Waals surface area contributed by atoms with Crippen LogP contribution in [0.1, 0.15) is 46.5 Å². The van der Waals surface area contributed by atoms with E-state index in [4.69, 9.17) is 5.73 Å². The van der Waals surface area contributed by atoms with Gasteiger partial charge in [0.1, 0.15) is 0 Å². The SMILES string of the molecule is CCCCC(CC)C(=O)N1CCN(C(C)=O)CCN(C(N)=O)CC1. The van der Waals surface area contributed by atoms with E-state index >= 15 is 0 Å². The van der Waals surface area contributed by atoms with Crippen molar-refractivity contribution in [1.29, 1.82) is 0 Å². The van der Waals surface area contributed by atoms with Crippen molar-refractivity contribution in [2.75, 3.05) is 39.3 Å². The zero-order chi connectivity index (χ0) is 18.1. The third-order valence-electron chi connectivity index (χ3n) is 4.74. The van der Waals surface area contributed by atoms with Crippen LogP contribution in [0, 0.1) is 5.92 Å². The summed E-state index contributed by atoms with van der Waals surface area (Å²) in [5.74, 6) is 0.0889. The zero-order valence-corrected chi connectivity index (χ0v) is 15.3. The van der Waals surface area contributed by atoms with Crippen molar-refractivity contribution in [2.45, 2.75) is 46.5 Å². The number of urea groups is 1. The van der Waals surface area contributed by atoms with Crippen molar-refractivity contribution >= 4 is 17.8 Å². The lowest BCUT2D eigenvalue weighted by Gasteiger charge is -2.29. The van der Waals surface area contributed by atoms with Gasteiger partial charge in [0.05, 0.1) is 0 Å². The predicted molar refractivity (Wildman–Crippen MR) is 93.3 cm³/mol. The molecule has 24 heavy (non-hydrogen) atoms. The minimum Gasteiger partial charge on any atom is -0.351 e. The molecule has 1 saturated heterocycles. The van der Waals surface area contributed by atoms with Crippen molar-refractivity contribution in [1.82, 2.24) is 14.7 Å². The van der Waals surface area contributed by atoms with Crippen molar-refractivity contribution in [3.05, 3.63) is 0 Å². The highest BCUT2D eigenvalue weighted by Gasteiger charge is 2.26. The molecule has 1 rings (SSSR count). The Morgan fingerprint density at radius 2 is 1.42 bits per heavy atom. The summed E-state index contributed by atoms with van der Waals surface area (Å²) in [6, 6.07) is -0.508. The predicted octanol–water partition coefficient (Wildman–Crippen LogP) is 1.27. The molecule has 7 heteroatoms. The number of rotatable bonds is 5. The second-order valence-corrected chi connectivity index (χ2v) is 6.40. The minimum atomic E-state index is -0.508. The fourth-order valence-corrected chi connectivity index (χ4v) is 3.03. The van der Waals surface area contributed by atoms with Crippen molar-refractivity contribution in [3.8, 4) is 0 Å². The molecule has 4 amide bonds. The molecular weight excluding hydrogens is 308 g/mol. The van der Waals surface area contributed by atoms with Crippen LogP contribution in [0.2, 0.25) is 0 Å². The van der Waals surface area contributed by atoms with Crippen molar-refractivity contribution in [3.63, 3.8) is 0 Å². The van der Waals surface area contributed by atoms with Crippen LogP contribution in [-0.2, 0) is 9.59 Å². The molecule has 7 nitrogen and oxygen atoms in total. The van der Waals surface area contributed by atoms with Gasteiger partial charge in [-0.1, -0.05) is 26.7 Å². The Morgan fingerprint density at radius 3 is 1.83 bits per heavy atom. The molecule has 0 saturated carbocycles. The second kappa shape index (κ2) is 10.2. The molecule has 0 aromatic heterocycles. The van der Waals surface area contributed by atoms with Gasteiger partial charge < -0.3 is 20.4 Å². The second-order valence-electron chi connectivity index (χ2n) is 6.40. The number of nitrogens with zero attached hydrogens (tertiary/aromatic N) is 3. The number of carbonyl (C=O) groups is 3. The van der Waals surface area contributed by atoms with E-state index in [9.17, 15) is 14.4 Å². The number of unbranched alkanes of at least 4 members (excludes halogenated alkanes) is 1. The van der Waals surface area contributed by atoms with Gasteiger partial charge in [-0.25, -0.2) is 4.79 Å². The number of hydrogen-bond donors (Lipinski definition) is 1. The lowest BCUT2D eigenvalue weighted by Crippen LogP contribution is -2.45. The quantitative estimate of drug-likeness (QED) is 0.818. The van der Waals surface area contributed by atoms with Crippen LogP contribution in [0.15, 0.2) is 0 Å². The number of amides is 4. The molecule has 1 unspecified atom stereocenters. The molecule has 0 spiro atoms. The summed E-state index contributed by atoms with van der Waals surface area (Å²) in [7, 11) is 0. The number of carbonyl (C=O) groups excluding carboxylic acids is 3. The van der Waals surface area contributed by atoms with Gasteiger partial charge in [-0.15, -0.1) is 0 Å². The van der Waals surface area contributed by atoms with Crippen LogP contribution < -0.4 is 5.73 Å². The fraction of sp³-hybridized carbons (Fsp3) is 0.824. The van der Waals surface area contributed by atoms with Crippen LogP contribution in [0.4, 0.5) is 4.79 Å². The topological polar surface area (TPSA) is 87.0 Å². The van der Waals surface area contributed by atoms with Crippen molar-refractivity contribution in [2.24, 2.45) is 11.7 Å². The number of nitrogens with two attached hydrogens (primary N) is 1. The van der Waals surface area contributed by atoms with Gasteiger partial charge in [0.15, 0.2) is 0 Å². The molecular formula is C17H32N4O3. The highest BCUT2D eigenvalue weighted by Crippen LogP contribution is 2.16. The molecule has 0 radical (unpaired) electrons. The molecule has 1 aliphatic heterocycles. The van der Waals surface area contributed by atoms with E-state index in [-0.39, 0.29) is 17.7 Å². The van der Waals surface area contributed by atoms with E-state index in [1.807, 2.05) is 6.92 Å². The largest absolute Gasteiger partial charge is 0.351 e. The van der Waals surface area contributed by atoms with Crippen LogP contribution in [-0.4, -0.2) is 71.8 Å². The highest BCUT2D eigenvalue weighted by atomic mass is 16.2. The Bertz CT molecular complexity index is 416. The average Bonchev–Trinajstić information content (AvgIpc) is 2.65. The van der Waals surface area contributed by atoms with Crippen LogP contribution >= 0.6 is 0 Å². The maximum absolute atomic E-state index is 12.9. The van der Waals surface area contributed by atoms with E-state index in [0.717, 1.165) is 25.7 Å². The molecule has 1 heterocycles. The number of hydrogen-bond acceptors (Lipinski definition) is 3. The zero-order valence-electron chi connectivity index (χ0n) is 15.3. The van der Waals surface area contributed by atoms with E-state index < -0.39 is 6.03 Å². The highest BCUT2D eigenvalue weighted by molar-refractivity contribution is 5.79. The maximum Gasteiger partial charge on any atom is 0.314 e. The Balaban J connectivity index is 2.84. The first-order valence-electron chi connectivity index (χ1n) is 8.99. The Kier molecular flexibility index (Phi) is 8.57. The summed E-state index contributed by atoms with van der Waals surface area (Å²) in [5.41, 5.74) is 5.41. The Labute approximate surface area is 145 Å². The standard InChI is InChI=1S/C17H32N4O3/c1-4-6-7-15(5-2)16(23)20-10-8-19(14(3)22)9-12-21(13-11-20)17(18)24/h15H,4-13H2,1-3H3,(H2,18,24). The summed E-state index contributed by atoms with van der Waals surface area (Å²) in [5, 5.41) is 0. The van der Waals surface area contributed by atoms with E-state index in [1.165, 1.54) is 11.8 Å². The lowest BCUT2D eigenvalue weighted by molar-refractivity contribution is -0.137. The molecule has 138 valence electrons. The minimum absolute atomic E-state index is 0.0125. The van der Waals surface area contributed by atoms with Crippen molar-refractivity contribution < 1.29 is 14.4 Å². The Hall–Kier alpha value is -1.79. The summed E-state index contributed by atoms with van der Waals surface area (Å²) in [4.78, 5) is 41.1. The molecule has 2 N–H and O–H groups in total. The third kappa shape index (κ3) is 6.02. The van der Waals surface area contributed by atoms with E-state index in [0.29, 0.717) is 39.3 Å². The van der Waals surface area contributed by atoms with Gasteiger partial charge in [0.2, 0.25) is 11.8 Å². The fourth-order valence-electron chi connectivity index (χ4n) is 3.03. The van der Waals surface area contributed by atoms with Crippen LogP contribution in [0.25, 0.3) is 0 Å². The van der Waals surface area contributed by atoms with Crippen LogP contribution in [0.3, 0.4) is 0 Å². The summed E-state index contributed by atoms with van der Waals surface area (Å²) in [6.45, 7) is 8.41.